The third-order valence-corrected chi connectivity index (χ3v) is 5.76. The number of nitrogens with zero attached hydrogens (tertiary/aromatic N) is 2. The summed E-state index contributed by atoms with van der Waals surface area (Å²) in [6.45, 7) is 0.618. The van der Waals surface area contributed by atoms with Crippen molar-refractivity contribution in [2.45, 2.75) is 63.1 Å². The molecule has 0 saturated carbocycles. The van der Waals surface area contributed by atoms with E-state index in [4.69, 9.17) is 0 Å². The van der Waals surface area contributed by atoms with E-state index < -0.39 is 0 Å². The third kappa shape index (κ3) is 3.49. The Kier molecular flexibility index (Phi) is 4.72. The highest BCUT2D eigenvalue weighted by Crippen LogP contribution is 2.37. The Morgan fingerprint density at radius 3 is 2.85 bits per heavy atom. The number of carbonyl (C=O) groups excluding carboxylic acids is 1. The van der Waals surface area contributed by atoms with Gasteiger partial charge in [-0.1, -0.05) is 30.3 Å². The van der Waals surface area contributed by atoms with E-state index in [0.29, 0.717) is 36.8 Å². The monoisotopic (exact) mass is 351 g/mol. The minimum Gasteiger partial charge on any atom is -0.308 e. The van der Waals surface area contributed by atoms with Crippen molar-refractivity contribution in [1.82, 2.24) is 15.1 Å². The van der Waals surface area contributed by atoms with E-state index in [1.165, 1.54) is 0 Å². The lowest BCUT2D eigenvalue weighted by Crippen LogP contribution is -2.49. The van der Waals surface area contributed by atoms with E-state index in [2.05, 4.69) is 10.4 Å². The van der Waals surface area contributed by atoms with Gasteiger partial charge in [0.1, 0.15) is 5.78 Å². The largest absolute Gasteiger partial charge is 0.308 e. The zero-order valence-electron chi connectivity index (χ0n) is 15.0. The molecule has 1 N–H and O–H groups in total. The average Bonchev–Trinajstić information content (AvgIpc) is 2.95. The minimum atomic E-state index is -0.0382. The molecule has 0 radical (unpaired) electrons. The number of piperidine rings is 1. The summed E-state index contributed by atoms with van der Waals surface area (Å²) in [6, 6.07) is 11.9. The molecule has 2 atom stereocenters. The van der Waals surface area contributed by atoms with Gasteiger partial charge in [0, 0.05) is 37.2 Å². The van der Waals surface area contributed by atoms with Crippen molar-refractivity contribution >= 4 is 5.78 Å². The molecular formula is C21H25N3O2. The Balaban J connectivity index is 1.37. The van der Waals surface area contributed by atoms with Gasteiger partial charge in [0.15, 0.2) is 0 Å². The number of hydrogen-bond acceptors (Lipinski definition) is 4. The number of aryl methyl sites for hydroxylation is 1. The number of ketones is 1. The Morgan fingerprint density at radius 1 is 1.15 bits per heavy atom. The van der Waals surface area contributed by atoms with E-state index >= 15 is 0 Å². The van der Waals surface area contributed by atoms with Crippen LogP contribution in [-0.4, -0.2) is 27.1 Å². The highest BCUT2D eigenvalue weighted by Gasteiger charge is 2.43. The number of hydrogen-bond donors (Lipinski definition) is 1. The third-order valence-electron chi connectivity index (χ3n) is 5.76. The smallest absolute Gasteiger partial charge is 0.274 e. The van der Waals surface area contributed by atoms with Gasteiger partial charge < -0.3 is 5.32 Å². The number of Topliss-reactive ketones (excluding diaryl/α,β-unsaturated/α-hetero) is 1. The van der Waals surface area contributed by atoms with Crippen molar-refractivity contribution in [3.05, 3.63) is 52.9 Å². The van der Waals surface area contributed by atoms with Gasteiger partial charge >= 0.3 is 0 Å². The van der Waals surface area contributed by atoms with E-state index in [1.54, 1.807) is 16.9 Å². The molecule has 26 heavy (non-hydrogen) atoms. The maximum Gasteiger partial charge on any atom is 0.274 e. The standard InChI is InChI=1S/C21H25N3O2/c25-18-14-17-8-11-21(15-18,23-17)10-4-5-13-24-20(26)19(9-12-22-24)16-6-2-1-3-7-16/h1-3,6-7,9,12,17,23H,4-5,8,10-11,13-15H2. The van der Waals surface area contributed by atoms with Crippen LogP contribution >= 0.6 is 0 Å². The lowest BCUT2D eigenvalue weighted by atomic mass is 9.85. The first-order valence-corrected chi connectivity index (χ1v) is 9.56. The number of carbonyl (C=O) groups is 1. The van der Waals surface area contributed by atoms with Gasteiger partial charge in [-0.05, 0) is 43.7 Å². The summed E-state index contributed by atoms with van der Waals surface area (Å²) in [5.74, 6) is 0.402. The molecule has 3 heterocycles. The first-order chi connectivity index (χ1) is 12.7. The van der Waals surface area contributed by atoms with Crippen LogP contribution in [0, 0.1) is 0 Å². The fourth-order valence-corrected chi connectivity index (χ4v) is 4.50. The van der Waals surface area contributed by atoms with Gasteiger partial charge in [-0.2, -0.15) is 5.10 Å². The van der Waals surface area contributed by atoms with Crippen molar-refractivity contribution in [3.8, 4) is 11.1 Å². The SMILES string of the molecule is O=C1CC2CCC(CCCCn3nccc(-c4ccccc4)c3=O)(C1)N2. The normalized spacial score (nSPS) is 24.8. The molecule has 1 aromatic heterocycles. The van der Waals surface area contributed by atoms with Crippen LogP contribution in [0.2, 0.25) is 0 Å². The molecular weight excluding hydrogens is 326 g/mol. The summed E-state index contributed by atoms with van der Waals surface area (Å²) in [7, 11) is 0. The Labute approximate surface area is 153 Å². The first-order valence-electron chi connectivity index (χ1n) is 9.56. The van der Waals surface area contributed by atoms with E-state index in [1.807, 2.05) is 30.3 Å². The minimum absolute atomic E-state index is 0.0181. The molecule has 2 aliphatic rings. The van der Waals surface area contributed by atoms with E-state index in [0.717, 1.165) is 37.7 Å². The molecule has 2 bridgehead atoms. The molecule has 2 fully saturated rings. The number of rotatable bonds is 6. The average molecular weight is 351 g/mol. The fraction of sp³-hybridized carbons (Fsp3) is 0.476. The maximum absolute atomic E-state index is 12.7. The van der Waals surface area contributed by atoms with Crippen LogP contribution in [0.3, 0.4) is 0 Å². The molecule has 2 unspecified atom stereocenters. The molecule has 2 aliphatic heterocycles. The zero-order valence-corrected chi connectivity index (χ0v) is 15.0. The van der Waals surface area contributed by atoms with Gasteiger partial charge in [-0.25, -0.2) is 4.68 Å². The summed E-state index contributed by atoms with van der Waals surface area (Å²) < 4.78 is 1.57. The maximum atomic E-state index is 12.7. The van der Waals surface area contributed by atoms with Gasteiger partial charge in [-0.3, -0.25) is 9.59 Å². The van der Waals surface area contributed by atoms with Crippen LogP contribution in [0.5, 0.6) is 0 Å². The highest BCUT2D eigenvalue weighted by molar-refractivity contribution is 5.81. The highest BCUT2D eigenvalue weighted by atomic mass is 16.1. The van der Waals surface area contributed by atoms with Gasteiger partial charge in [0.05, 0.1) is 5.56 Å². The molecule has 5 nitrogen and oxygen atoms in total. The Morgan fingerprint density at radius 2 is 2.00 bits per heavy atom. The number of unbranched alkanes of at least 4 members (excludes halogenated alkanes) is 1. The van der Waals surface area contributed by atoms with Gasteiger partial charge in [0.2, 0.25) is 0 Å². The first kappa shape index (κ1) is 17.2. The molecule has 2 aromatic rings. The number of nitrogens with one attached hydrogen (secondary N) is 1. The molecule has 136 valence electrons. The predicted octanol–water partition coefficient (Wildman–Crippen LogP) is 2.93. The van der Waals surface area contributed by atoms with E-state index in [9.17, 15) is 9.59 Å². The molecule has 4 rings (SSSR count). The zero-order chi connectivity index (χ0) is 18.0. The van der Waals surface area contributed by atoms with Crippen LogP contribution in [-0.2, 0) is 11.3 Å². The number of benzene rings is 1. The molecule has 0 spiro atoms. The topological polar surface area (TPSA) is 64.0 Å². The second-order valence-corrected chi connectivity index (χ2v) is 7.68. The Hall–Kier alpha value is -2.27. The van der Waals surface area contributed by atoms with E-state index in [-0.39, 0.29) is 11.1 Å². The number of aromatic nitrogens is 2. The van der Waals surface area contributed by atoms with Crippen LogP contribution in [0.25, 0.3) is 11.1 Å². The lowest BCUT2D eigenvalue weighted by Gasteiger charge is -2.34. The summed E-state index contributed by atoms with van der Waals surface area (Å²) in [5.41, 5.74) is 1.60. The molecule has 1 aromatic carbocycles. The molecule has 0 amide bonds. The van der Waals surface area contributed by atoms with Crippen LogP contribution in [0.15, 0.2) is 47.4 Å². The molecule has 2 saturated heterocycles. The predicted molar refractivity (Wildman–Crippen MR) is 101 cm³/mol. The van der Waals surface area contributed by atoms with Crippen molar-refractivity contribution in [2.24, 2.45) is 0 Å². The quantitative estimate of drug-likeness (QED) is 0.813. The van der Waals surface area contributed by atoms with Crippen molar-refractivity contribution in [3.63, 3.8) is 0 Å². The number of fused-ring (bicyclic) bond motifs is 2. The van der Waals surface area contributed by atoms with Crippen LogP contribution in [0.1, 0.15) is 44.9 Å². The molecule has 5 heteroatoms. The van der Waals surface area contributed by atoms with Crippen LogP contribution < -0.4 is 10.9 Å². The molecule has 0 aliphatic carbocycles. The second-order valence-electron chi connectivity index (χ2n) is 7.68. The fourth-order valence-electron chi connectivity index (χ4n) is 4.50. The second kappa shape index (κ2) is 7.16. The summed E-state index contributed by atoms with van der Waals surface area (Å²) >= 11 is 0. The lowest BCUT2D eigenvalue weighted by molar-refractivity contribution is -0.122. The summed E-state index contributed by atoms with van der Waals surface area (Å²) in [4.78, 5) is 24.6. The summed E-state index contributed by atoms with van der Waals surface area (Å²) in [5, 5.41) is 7.91. The van der Waals surface area contributed by atoms with Crippen molar-refractivity contribution < 1.29 is 4.79 Å². The van der Waals surface area contributed by atoms with Crippen molar-refractivity contribution in [1.29, 1.82) is 0 Å². The summed E-state index contributed by atoms with van der Waals surface area (Å²) in [6.07, 6.45) is 8.19. The van der Waals surface area contributed by atoms with Crippen molar-refractivity contribution in [2.75, 3.05) is 0 Å². The van der Waals surface area contributed by atoms with Crippen LogP contribution in [0.4, 0.5) is 0 Å². The Bertz CT molecular complexity index is 846. The van der Waals surface area contributed by atoms with Gasteiger partial charge in [0.25, 0.3) is 5.56 Å². The van der Waals surface area contributed by atoms with Gasteiger partial charge in [-0.15, -0.1) is 0 Å².